The Morgan fingerprint density at radius 1 is 0.600 bits per heavy atom. The van der Waals surface area contributed by atoms with Crippen molar-refractivity contribution in [3.8, 4) is 0 Å². The van der Waals surface area contributed by atoms with E-state index in [0.29, 0.717) is 11.1 Å². The van der Waals surface area contributed by atoms with E-state index in [1.165, 1.54) is 0 Å². The predicted octanol–water partition coefficient (Wildman–Crippen LogP) is -0.540. The number of nitrogens with one attached hydrogen (secondary N) is 6. The molecule has 0 fully saturated rings. The smallest absolute Gasteiger partial charge is 0.327 e. The second-order valence-electron chi connectivity index (χ2n) is 15.9. The Bertz CT molecular complexity index is 2130. The van der Waals surface area contributed by atoms with Crippen molar-refractivity contribution in [1.29, 1.82) is 0 Å². The van der Waals surface area contributed by atoms with Crippen molar-refractivity contribution in [2.75, 3.05) is 12.3 Å². The van der Waals surface area contributed by atoms with Gasteiger partial charge in [-0.1, -0.05) is 60.7 Å². The number of benzene rings is 2. The molecule has 12 N–H and O–H groups in total. The van der Waals surface area contributed by atoms with E-state index in [2.05, 4.69) is 49.3 Å². The number of nitrogens with two attached hydrogens (primary N) is 1. The number of carboxylic acids is 4. The molecule has 0 bridgehead atoms. The molecular formula is C45H59N7O17S. The molecule has 0 aliphatic rings. The molecule has 6 amide bonds. The quantitative estimate of drug-likeness (QED) is 0.0179. The molecule has 0 radical (unpaired) electrons. The van der Waals surface area contributed by atoms with Crippen LogP contribution in [0.2, 0.25) is 0 Å². The van der Waals surface area contributed by atoms with E-state index in [0.717, 1.165) is 0 Å². The van der Waals surface area contributed by atoms with Crippen molar-refractivity contribution >= 4 is 84.2 Å². The SMILES string of the molecule is N[C@@H](CNC(=O)[C@@H](CC(=O)[C@H](Cc1ccccc1)NC(=O)CCCCC(=O)CC[C@H](NC(=O)N[C@@H](CCC(=O)O)OC=O)C(=O)O)Cc1ccccc1)C(=O)N[C@@H](CC(=O)O)C(=O)NC(CS)C(=O)O. The lowest BCUT2D eigenvalue weighted by atomic mass is 9.89. The molecule has 24 nitrogen and oxygen atoms in total. The number of ketones is 2. The number of carbonyl (C=O) groups excluding carboxylic acids is 8. The van der Waals surface area contributed by atoms with E-state index in [-0.39, 0.29) is 75.8 Å². The van der Waals surface area contributed by atoms with E-state index in [9.17, 15) is 72.9 Å². The molecule has 25 heteroatoms. The number of Topliss-reactive ketones (excluding diaryl/α,β-unsaturated/α-hetero) is 2. The first-order chi connectivity index (χ1) is 33.2. The highest BCUT2D eigenvalue weighted by atomic mass is 32.1. The number of aliphatic carboxylic acids is 4. The van der Waals surface area contributed by atoms with Crippen LogP contribution in [0.15, 0.2) is 60.7 Å². The van der Waals surface area contributed by atoms with Gasteiger partial charge in [-0.15, -0.1) is 0 Å². The molecule has 70 heavy (non-hydrogen) atoms. The average Bonchev–Trinajstić information content (AvgIpc) is 3.31. The molecule has 0 aliphatic carbocycles. The Balaban J connectivity index is 2.08. The fraction of sp³-hybridized carbons (Fsp3) is 0.467. The van der Waals surface area contributed by atoms with Gasteiger partial charge in [0.05, 0.1) is 18.9 Å². The predicted molar refractivity (Wildman–Crippen MR) is 248 cm³/mol. The maximum absolute atomic E-state index is 14.1. The van der Waals surface area contributed by atoms with Gasteiger partial charge in [0, 0.05) is 50.3 Å². The lowest BCUT2D eigenvalue weighted by Gasteiger charge is -2.23. The van der Waals surface area contributed by atoms with Crippen LogP contribution in [0, 0.1) is 5.92 Å². The third-order valence-electron chi connectivity index (χ3n) is 10.3. The van der Waals surface area contributed by atoms with Crippen molar-refractivity contribution in [3.05, 3.63) is 71.8 Å². The first-order valence-electron chi connectivity index (χ1n) is 21.9. The van der Waals surface area contributed by atoms with Crippen LogP contribution < -0.4 is 37.6 Å². The van der Waals surface area contributed by atoms with Gasteiger partial charge < -0.3 is 62.8 Å². The third-order valence-corrected chi connectivity index (χ3v) is 10.7. The summed E-state index contributed by atoms with van der Waals surface area (Å²) >= 11 is 3.84. The molecule has 0 aliphatic heterocycles. The first-order valence-corrected chi connectivity index (χ1v) is 22.6. The highest BCUT2D eigenvalue weighted by molar-refractivity contribution is 7.80. The molecule has 7 atom stereocenters. The molecule has 2 aromatic carbocycles. The number of hydrogen-bond donors (Lipinski definition) is 12. The minimum absolute atomic E-state index is 0.0130. The summed E-state index contributed by atoms with van der Waals surface area (Å²) in [6.45, 7) is -0.543. The maximum Gasteiger partial charge on any atom is 0.327 e. The zero-order valence-electron chi connectivity index (χ0n) is 37.9. The van der Waals surface area contributed by atoms with Crippen molar-refractivity contribution in [2.24, 2.45) is 11.7 Å². The molecule has 0 heterocycles. The van der Waals surface area contributed by atoms with Crippen molar-refractivity contribution in [1.82, 2.24) is 31.9 Å². The Morgan fingerprint density at radius 3 is 1.74 bits per heavy atom. The highest BCUT2D eigenvalue weighted by Gasteiger charge is 2.32. The van der Waals surface area contributed by atoms with Crippen LogP contribution in [0.3, 0.4) is 0 Å². The highest BCUT2D eigenvalue weighted by Crippen LogP contribution is 2.17. The Hall–Kier alpha value is -7.41. The first kappa shape index (κ1) is 58.7. The monoisotopic (exact) mass is 1000 g/mol. The number of rotatable bonds is 35. The molecule has 0 spiro atoms. The summed E-state index contributed by atoms with van der Waals surface area (Å²) in [5, 5.41) is 50.7. The number of thiol groups is 1. The van der Waals surface area contributed by atoms with Crippen LogP contribution in [-0.4, -0.2) is 141 Å². The number of hydrogen-bond acceptors (Lipinski definition) is 15. The summed E-state index contributed by atoms with van der Waals surface area (Å²) < 4.78 is 4.61. The molecule has 0 saturated carbocycles. The number of carbonyl (C=O) groups is 12. The van der Waals surface area contributed by atoms with Gasteiger partial charge in [0.15, 0.2) is 12.0 Å². The van der Waals surface area contributed by atoms with Crippen molar-refractivity contribution in [3.63, 3.8) is 0 Å². The lowest BCUT2D eigenvalue weighted by molar-refractivity contribution is -0.143. The topological polar surface area (TPSA) is 393 Å². The molecule has 2 aromatic rings. The fourth-order valence-corrected chi connectivity index (χ4v) is 6.86. The van der Waals surface area contributed by atoms with Crippen molar-refractivity contribution in [2.45, 2.75) is 113 Å². The molecular weight excluding hydrogens is 943 g/mol. The van der Waals surface area contributed by atoms with Gasteiger partial charge in [-0.25, -0.2) is 14.4 Å². The van der Waals surface area contributed by atoms with Crippen LogP contribution in [0.1, 0.15) is 75.3 Å². The summed E-state index contributed by atoms with van der Waals surface area (Å²) in [7, 11) is 0. The van der Waals surface area contributed by atoms with Crippen LogP contribution in [0.4, 0.5) is 4.79 Å². The number of carboxylic acid groups (broad SMARTS) is 4. The second-order valence-corrected chi connectivity index (χ2v) is 16.3. The van der Waals surface area contributed by atoms with E-state index >= 15 is 0 Å². The van der Waals surface area contributed by atoms with Gasteiger partial charge in [0.1, 0.15) is 30.0 Å². The average molecular weight is 1000 g/mol. The molecule has 0 saturated heterocycles. The standard InChI is InChI=1S/C45H59N7O17S/c46-30(41(62)49-33(22-39(59)60)42(63)50-34(24-70)44(66)67)23-47-40(61)28(19-26-9-3-1-4-10-26)21-35(55)32(20-27-11-5-2-6-12-27)48-36(56)14-8-7-13-29(54)15-16-31(43(64)65)51-45(68)52-37(69-25-53)17-18-38(57)58/h1-6,9-12,25,28,30-34,37,70H,7-8,13-24,46H2,(H,47,61)(H,48,56)(H,49,62)(H,50,63)(H,57,58)(H,59,60)(H,64,65)(H,66,67)(H2,51,52,68)/t28-,30+,31+,32+,33+,34?,37-/m1/s1. The summed E-state index contributed by atoms with van der Waals surface area (Å²) in [5.41, 5.74) is 7.37. The van der Waals surface area contributed by atoms with Gasteiger partial charge in [-0.3, -0.25) is 43.2 Å². The summed E-state index contributed by atoms with van der Waals surface area (Å²) in [6.07, 6.45) is -3.68. The minimum atomic E-state index is -1.74. The molecule has 382 valence electrons. The van der Waals surface area contributed by atoms with Gasteiger partial charge in [-0.05, 0) is 43.2 Å². The molecule has 2 rings (SSSR count). The zero-order valence-corrected chi connectivity index (χ0v) is 38.8. The summed E-state index contributed by atoms with van der Waals surface area (Å²) in [4.78, 5) is 148. The van der Waals surface area contributed by atoms with E-state index < -0.39 is 127 Å². The van der Waals surface area contributed by atoms with Crippen LogP contribution in [-0.2, 0) is 70.3 Å². The normalized spacial score (nSPS) is 13.7. The largest absolute Gasteiger partial charge is 0.481 e. The van der Waals surface area contributed by atoms with Crippen LogP contribution >= 0.6 is 12.6 Å². The van der Waals surface area contributed by atoms with Crippen LogP contribution in [0.5, 0.6) is 0 Å². The van der Waals surface area contributed by atoms with Crippen LogP contribution in [0.25, 0.3) is 0 Å². The Kier molecular flexibility index (Phi) is 26.5. The summed E-state index contributed by atoms with van der Waals surface area (Å²) in [6, 6.07) is 8.88. The maximum atomic E-state index is 14.1. The number of unbranched alkanes of at least 4 members (excludes halogenated alkanes) is 1. The van der Waals surface area contributed by atoms with Gasteiger partial charge >= 0.3 is 29.9 Å². The fourth-order valence-electron chi connectivity index (χ4n) is 6.61. The molecule has 1 unspecified atom stereocenters. The Labute approximate surface area is 407 Å². The van der Waals surface area contributed by atoms with Gasteiger partial charge in [-0.2, -0.15) is 12.6 Å². The lowest BCUT2D eigenvalue weighted by Crippen LogP contribution is -2.57. The van der Waals surface area contributed by atoms with Gasteiger partial charge in [0.25, 0.3) is 6.47 Å². The van der Waals surface area contributed by atoms with Gasteiger partial charge in [0.2, 0.25) is 23.6 Å². The van der Waals surface area contributed by atoms with E-state index in [1.807, 2.05) is 0 Å². The van der Waals surface area contributed by atoms with E-state index in [4.69, 9.17) is 10.8 Å². The second kappa shape index (κ2) is 31.6. The number of ether oxygens (including phenoxy) is 1. The Morgan fingerprint density at radius 2 is 1.19 bits per heavy atom. The minimum Gasteiger partial charge on any atom is -0.481 e. The summed E-state index contributed by atoms with van der Waals surface area (Å²) in [5.74, 6) is -11.3. The zero-order chi connectivity index (χ0) is 52.2. The number of amides is 6. The van der Waals surface area contributed by atoms with Crippen molar-refractivity contribution < 1.29 is 82.7 Å². The third kappa shape index (κ3) is 23.5. The molecule has 0 aromatic heterocycles. The number of urea groups is 1. The van der Waals surface area contributed by atoms with E-state index in [1.54, 1.807) is 60.7 Å².